The molecule has 1 heterocycles. The highest BCUT2D eigenvalue weighted by atomic mass is 16.6. The van der Waals surface area contributed by atoms with Gasteiger partial charge in [0.2, 0.25) is 5.91 Å². The first-order chi connectivity index (χ1) is 12.4. The Bertz CT molecular complexity index is 475. The Morgan fingerprint density at radius 2 is 1.69 bits per heavy atom. The topological polar surface area (TPSA) is 75.6 Å². The molecule has 2 atom stereocenters. The number of ether oxygens (including phenoxy) is 1. The second-order valence-corrected chi connectivity index (χ2v) is 7.64. The number of esters is 1. The third-order valence-electron chi connectivity index (χ3n) is 5.03. The Hall–Kier alpha value is -1.36. The van der Waals surface area contributed by atoms with Gasteiger partial charge in [-0.15, -0.1) is 0 Å². The van der Waals surface area contributed by atoms with Crippen LogP contribution in [-0.2, 0) is 14.3 Å². The van der Waals surface area contributed by atoms with Gasteiger partial charge in [-0.3, -0.25) is 4.79 Å². The van der Waals surface area contributed by atoms with Crippen molar-refractivity contribution in [3.05, 3.63) is 11.8 Å². The van der Waals surface area contributed by atoms with E-state index >= 15 is 0 Å². The van der Waals surface area contributed by atoms with Gasteiger partial charge in [-0.2, -0.15) is 0 Å². The van der Waals surface area contributed by atoms with Gasteiger partial charge >= 0.3 is 5.97 Å². The first kappa shape index (κ1) is 22.7. The van der Waals surface area contributed by atoms with Crippen LogP contribution in [0.4, 0.5) is 0 Å². The second kappa shape index (κ2) is 12.1. The number of rotatable bonds is 14. The van der Waals surface area contributed by atoms with Crippen molar-refractivity contribution in [3.63, 3.8) is 0 Å². The largest absolute Gasteiger partial charge is 0.450 e. The minimum atomic E-state index is -0.657. The Morgan fingerprint density at radius 3 is 2.23 bits per heavy atom. The summed E-state index contributed by atoms with van der Waals surface area (Å²) in [6.07, 6.45) is 13.3. The molecule has 0 fully saturated rings. The Labute approximate surface area is 158 Å². The molecule has 1 amide bonds. The molecule has 0 aromatic rings. The van der Waals surface area contributed by atoms with Crippen molar-refractivity contribution in [2.45, 2.75) is 110 Å². The van der Waals surface area contributed by atoms with Gasteiger partial charge in [0.1, 0.15) is 11.3 Å². The molecule has 0 aromatic heterocycles. The number of hydrogen-bond acceptors (Lipinski definition) is 4. The van der Waals surface area contributed by atoms with Gasteiger partial charge < -0.3 is 15.2 Å². The summed E-state index contributed by atoms with van der Waals surface area (Å²) in [5, 5.41) is 12.6. The lowest BCUT2D eigenvalue weighted by atomic mass is 10.0. The lowest BCUT2D eigenvalue weighted by Crippen LogP contribution is -2.29. The van der Waals surface area contributed by atoms with Crippen molar-refractivity contribution in [2.75, 3.05) is 0 Å². The zero-order chi connectivity index (χ0) is 19.4. The smallest absolute Gasteiger partial charge is 0.355 e. The summed E-state index contributed by atoms with van der Waals surface area (Å²) in [5.74, 6) is -0.840. The number of carbonyl (C=O) groups excluding carboxylic acids is 2. The van der Waals surface area contributed by atoms with Gasteiger partial charge in [-0.25, -0.2) is 4.79 Å². The molecule has 0 aromatic carbocycles. The fourth-order valence-electron chi connectivity index (χ4n) is 3.13. The van der Waals surface area contributed by atoms with Crippen LogP contribution in [0.2, 0.25) is 0 Å². The van der Waals surface area contributed by atoms with Crippen LogP contribution in [0.5, 0.6) is 0 Å². The van der Waals surface area contributed by atoms with Crippen LogP contribution in [0.15, 0.2) is 11.8 Å². The van der Waals surface area contributed by atoms with Crippen LogP contribution in [0.1, 0.15) is 97.8 Å². The maximum Gasteiger partial charge on any atom is 0.355 e. The average molecular weight is 368 g/mol. The minimum absolute atomic E-state index is 0.0183. The predicted octanol–water partition coefficient (Wildman–Crippen LogP) is 4.38. The standard InChI is InChI=1S/C21H37NO4/c1-4-6-7-8-9-10-11-12-13-14-17(23)15-19(24)22-18-16-21(3,5-2)26-20(18)25/h16-17,23H,4-15H2,1-3H3,(H,22,24)/t17-,21-/m0/s1. The summed E-state index contributed by atoms with van der Waals surface area (Å²) in [4.78, 5) is 23.8. The normalized spacial score (nSPS) is 20.6. The van der Waals surface area contributed by atoms with Crippen LogP contribution in [0.3, 0.4) is 0 Å². The average Bonchev–Trinajstić information content (AvgIpc) is 2.87. The van der Waals surface area contributed by atoms with Gasteiger partial charge in [0.15, 0.2) is 0 Å². The molecule has 0 spiro atoms. The third kappa shape index (κ3) is 8.84. The number of nitrogens with one attached hydrogen (secondary N) is 1. The molecule has 26 heavy (non-hydrogen) atoms. The van der Waals surface area contributed by atoms with Gasteiger partial charge in [0.05, 0.1) is 12.5 Å². The molecule has 0 bridgehead atoms. The van der Waals surface area contributed by atoms with E-state index in [1.807, 2.05) is 13.8 Å². The van der Waals surface area contributed by atoms with Gasteiger partial charge in [0, 0.05) is 0 Å². The molecule has 0 saturated heterocycles. The van der Waals surface area contributed by atoms with Crippen LogP contribution in [-0.4, -0.2) is 28.7 Å². The van der Waals surface area contributed by atoms with Crippen molar-refractivity contribution in [3.8, 4) is 0 Å². The number of amides is 1. The molecular formula is C21H37NO4. The summed E-state index contributed by atoms with van der Waals surface area (Å²) >= 11 is 0. The SMILES string of the molecule is CCCCCCCCCCC[C@H](O)CC(=O)NC1=C[C@](C)(CC)OC1=O. The Kier molecular flexibility index (Phi) is 10.6. The van der Waals surface area contributed by atoms with Crippen molar-refractivity contribution in [2.24, 2.45) is 0 Å². The molecular weight excluding hydrogens is 330 g/mol. The van der Waals surface area contributed by atoms with E-state index in [1.54, 1.807) is 6.08 Å². The lowest BCUT2D eigenvalue weighted by molar-refractivity contribution is -0.146. The Morgan fingerprint density at radius 1 is 1.12 bits per heavy atom. The number of aliphatic hydroxyl groups is 1. The summed E-state index contributed by atoms with van der Waals surface area (Å²) < 4.78 is 5.24. The zero-order valence-corrected chi connectivity index (χ0v) is 16.8. The first-order valence-corrected chi connectivity index (χ1v) is 10.3. The van der Waals surface area contributed by atoms with E-state index in [0.717, 1.165) is 12.8 Å². The fourth-order valence-corrected chi connectivity index (χ4v) is 3.13. The van der Waals surface area contributed by atoms with E-state index in [9.17, 15) is 14.7 Å². The van der Waals surface area contributed by atoms with E-state index in [4.69, 9.17) is 4.74 Å². The van der Waals surface area contributed by atoms with Crippen molar-refractivity contribution in [1.82, 2.24) is 5.32 Å². The van der Waals surface area contributed by atoms with Crippen LogP contribution in [0, 0.1) is 0 Å². The lowest BCUT2D eigenvalue weighted by Gasteiger charge is -2.17. The summed E-state index contributed by atoms with van der Waals surface area (Å²) in [6.45, 7) is 5.95. The fraction of sp³-hybridized carbons (Fsp3) is 0.810. The molecule has 5 nitrogen and oxygen atoms in total. The number of cyclic esters (lactones) is 1. The molecule has 150 valence electrons. The van der Waals surface area contributed by atoms with E-state index < -0.39 is 17.7 Å². The number of hydrogen-bond donors (Lipinski definition) is 2. The van der Waals surface area contributed by atoms with Gasteiger partial charge in [0.25, 0.3) is 0 Å². The highest BCUT2D eigenvalue weighted by molar-refractivity contribution is 5.96. The molecule has 0 saturated carbocycles. The molecule has 1 aliphatic rings. The molecule has 2 N–H and O–H groups in total. The van der Waals surface area contributed by atoms with Gasteiger partial charge in [-0.05, 0) is 25.8 Å². The summed E-state index contributed by atoms with van der Waals surface area (Å²) in [6, 6.07) is 0. The van der Waals surface area contributed by atoms with Crippen LogP contribution >= 0.6 is 0 Å². The highest BCUT2D eigenvalue weighted by Crippen LogP contribution is 2.26. The van der Waals surface area contributed by atoms with E-state index in [1.165, 1.54) is 44.9 Å². The van der Waals surface area contributed by atoms with Crippen molar-refractivity contribution >= 4 is 11.9 Å². The summed E-state index contributed by atoms with van der Waals surface area (Å²) in [7, 11) is 0. The number of aliphatic hydroxyl groups excluding tert-OH is 1. The first-order valence-electron chi connectivity index (χ1n) is 10.3. The van der Waals surface area contributed by atoms with Crippen LogP contribution in [0.25, 0.3) is 0 Å². The quantitative estimate of drug-likeness (QED) is 0.353. The molecule has 1 aliphatic heterocycles. The predicted molar refractivity (Wildman–Crippen MR) is 103 cm³/mol. The maximum atomic E-state index is 12.0. The second-order valence-electron chi connectivity index (χ2n) is 7.64. The molecule has 0 unspecified atom stereocenters. The Balaban J connectivity index is 2.12. The highest BCUT2D eigenvalue weighted by Gasteiger charge is 2.35. The maximum absolute atomic E-state index is 12.0. The van der Waals surface area contributed by atoms with E-state index in [-0.39, 0.29) is 18.0 Å². The third-order valence-corrected chi connectivity index (χ3v) is 5.03. The van der Waals surface area contributed by atoms with Crippen LogP contribution < -0.4 is 5.32 Å². The molecule has 0 radical (unpaired) electrons. The summed E-state index contributed by atoms with van der Waals surface area (Å²) in [5.41, 5.74) is -0.455. The molecule has 0 aliphatic carbocycles. The van der Waals surface area contributed by atoms with Crippen molar-refractivity contribution in [1.29, 1.82) is 0 Å². The monoisotopic (exact) mass is 367 g/mol. The molecule has 1 rings (SSSR count). The van der Waals surface area contributed by atoms with E-state index in [2.05, 4.69) is 12.2 Å². The number of carbonyl (C=O) groups is 2. The van der Waals surface area contributed by atoms with Crippen molar-refractivity contribution < 1.29 is 19.4 Å². The minimum Gasteiger partial charge on any atom is -0.450 e. The number of unbranched alkanes of at least 4 members (excludes halogenated alkanes) is 8. The zero-order valence-electron chi connectivity index (χ0n) is 16.8. The molecule has 5 heteroatoms. The van der Waals surface area contributed by atoms with E-state index in [0.29, 0.717) is 12.8 Å². The van der Waals surface area contributed by atoms with Gasteiger partial charge in [-0.1, -0.05) is 71.6 Å².